The zero-order valence-electron chi connectivity index (χ0n) is 17.8. The van der Waals surface area contributed by atoms with Crippen LogP contribution >= 0.6 is 11.6 Å². The molecule has 3 heterocycles. The summed E-state index contributed by atoms with van der Waals surface area (Å²) in [5, 5.41) is 5.46. The van der Waals surface area contributed by atoms with Gasteiger partial charge in [-0.1, -0.05) is 11.6 Å². The molecule has 0 N–H and O–H groups in total. The summed E-state index contributed by atoms with van der Waals surface area (Å²) in [4.78, 5) is 17.5. The Balaban J connectivity index is 1.15. The Labute approximate surface area is 187 Å². The monoisotopic (exact) mass is 444 g/mol. The quantitative estimate of drug-likeness (QED) is 0.657. The van der Waals surface area contributed by atoms with Gasteiger partial charge in [-0.05, 0) is 43.0 Å². The van der Waals surface area contributed by atoms with Gasteiger partial charge in [0, 0.05) is 62.0 Å². The van der Waals surface area contributed by atoms with Gasteiger partial charge in [0.1, 0.15) is 12.4 Å². The van der Waals surface area contributed by atoms with Crippen LogP contribution in [0.2, 0.25) is 5.02 Å². The highest BCUT2D eigenvalue weighted by atomic mass is 35.5. The molecule has 5 rings (SSSR count). The smallest absolute Gasteiger partial charge is 0.274 e. The summed E-state index contributed by atoms with van der Waals surface area (Å²) in [5.74, 6) is 1.61. The Kier molecular flexibility index (Phi) is 6.16. The highest BCUT2D eigenvalue weighted by Crippen LogP contribution is 2.32. The standard InChI is InChI=1S/C23H29ClN4O3/c24-18-3-5-19(6-4-18)31-14-12-26-8-10-27(11-9-26)23(29)22-20-16-30-13-7-21(20)28(25-22)15-17-1-2-17/h3-6,17H,1-2,7-16H2. The molecule has 2 fully saturated rings. The Morgan fingerprint density at radius 1 is 1.16 bits per heavy atom. The number of hydrogen-bond acceptors (Lipinski definition) is 5. The maximum absolute atomic E-state index is 13.3. The second-order valence-corrected chi connectivity index (χ2v) is 9.07. The number of amides is 1. The Bertz CT molecular complexity index is 918. The van der Waals surface area contributed by atoms with E-state index in [1.165, 1.54) is 18.5 Å². The van der Waals surface area contributed by atoms with Crippen LogP contribution in [0.25, 0.3) is 0 Å². The summed E-state index contributed by atoms with van der Waals surface area (Å²) < 4.78 is 13.6. The number of halogens is 1. The predicted octanol–water partition coefficient (Wildman–Crippen LogP) is 2.86. The molecule has 3 aliphatic rings. The molecular weight excluding hydrogens is 416 g/mol. The summed E-state index contributed by atoms with van der Waals surface area (Å²) in [7, 11) is 0. The van der Waals surface area contributed by atoms with Crippen molar-refractivity contribution in [3.63, 3.8) is 0 Å². The Morgan fingerprint density at radius 3 is 2.68 bits per heavy atom. The largest absolute Gasteiger partial charge is 0.492 e. The van der Waals surface area contributed by atoms with Crippen molar-refractivity contribution >= 4 is 17.5 Å². The number of carbonyl (C=O) groups is 1. The molecule has 7 nitrogen and oxygen atoms in total. The van der Waals surface area contributed by atoms with Crippen LogP contribution in [-0.2, 0) is 24.3 Å². The molecule has 1 aromatic heterocycles. The van der Waals surface area contributed by atoms with Gasteiger partial charge in [-0.25, -0.2) is 0 Å². The van der Waals surface area contributed by atoms with Crippen molar-refractivity contribution in [1.82, 2.24) is 19.6 Å². The fourth-order valence-corrected chi connectivity index (χ4v) is 4.45. The van der Waals surface area contributed by atoms with Gasteiger partial charge in [-0.15, -0.1) is 0 Å². The van der Waals surface area contributed by atoms with Gasteiger partial charge < -0.3 is 14.4 Å². The molecule has 0 atom stereocenters. The first-order valence-corrected chi connectivity index (χ1v) is 11.6. The van der Waals surface area contributed by atoms with E-state index in [0.29, 0.717) is 43.6 Å². The molecule has 8 heteroatoms. The summed E-state index contributed by atoms with van der Waals surface area (Å²) in [5.41, 5.74) is 2.82. The zero-order valence-corrected chi connectivity index (χ0v) is 18.5. The second kappa shape index (κ2) is 9.18. The highest BCUT2D eigenvalue weighted by Gasteiger charge is 2.32. The molecule has 0 spiro atoms. The molecule has 1 amide bonds. The molecule has 1 aliphatic carbocycles. The molecule has 2 aliphatic heterocycles. The van der Waals surface area contributed by atoms with Crippen molar-refractivity contribution in [3.05, 3.63) is 46.2 Å². The van der Waals surface area contributed by atoms with Crippen LogP contribution in [-0.4, -0.2) is 71.4 Å². The third-order valence-corrected chi connectivity index (χ3v) is 6.63. The van der Waals surface area contributed by atoms with Gasteiger partial charge in [-0.3, -0.25) is 14.4 Å². The number of ether oxygens (including phenoxy) is 2. The van der Waals surface area contributed by atoms with E-state index in [4.69, 9.17) is 26.2 Å². The van der Waals surface area contributed by atoms with Crippen molar-refractivity contribution < 1.29 is 14.3 Å². The average Bonchev–Trinajstić information content (AvgIpc) is 3.55. The number of benzene rings is 1. The minimum Gasteiger partial charge on any atom is -0.492 e. The van der Waals surface area contributed by atoms with E-state index < -0.39 is 0 Å². The SMILES string of the molecule is O=C(c1nn(CC2CC2)c2c1COCC2)N1CCN(CCOc2ccc(Cl)cc2)CC1. The zero-order chi connectivity index (χ0) is 21.2. The van der Waals surface area contributed by atoms with Gasteiger partial charge in [-0.2, -0.15) is 5.10 Å². The number of carbonyl (C=O) groups excluding carboxylic acids is 1. The third kappa shape index (κ3) is 4.89. The van der Waals surface area contributed by atoms with Crippen LogP contribution in [0, 0.1) is 5.92 Å². The lowest BCUT2D eigenvalue weighted by molar-refractivity contribution is 0.0604. The van der Waals surface area contributed by atoms with Crippen LogP contribution in [0.1, 0.15) is 34.6 Å². The number of aromatic nitrogens is 2. The first-order chi connectivity index (χ1) is 15.2. The molecule has 2 aromatic rings. The number of hydrogen-bond donors (Lipinski definition) is 0. The van der Waals surface area contributed by atoms with Crippen LogP contribution < -0.4 is 4.74 Å². The summed E-state index contributed by atoms with van der Waals surface area (Å²) in [6.45, 7) is 6.73. The first-order valence-electron chi connectivity index (χ1n) is 11.2. The molecule has 1 saturated carbocycles. The second-order valence-electron chi connectivity index (χ2n) is 8.64. The van der Waals surface area contributed by atoms with E-state index in [1.807, 2.05) is 29.2 Å². The van der Waals surface area contributed by atoms with Crippen molar-refractivity contribution in [1.29, 1.82) is 0 Å². The molecule has 31 heavy (non-hydrogen) atoms. The summed E-state index contributed by atoms with van der Waals surface area (Å²) in [6.07, 6.45) is 3.40. The van der Waals surface area contributed by atoms with E-state index in [9.17, 15) is 4.79 Å². The van der Waals surface area contributed by atoms with Gasteiger partial charge in [0.2, 0.25) is 0 Å². The van der Waals surface area contributed by atoms with Crippen LogP contribution in [0.4, 0.5) is 0 Å². The topological polar surface area (TPSA) is 59.8 Å². The number of piperazine rings is 1. The number of rotatable bonds is 7. The normalized spacial score (nSPS) is 19.3. The molecule has 166 valence electrons. The number of fused-ring (bicyclic) bond motifs is 1. The third-order valence-electron chi connectivity index (χ3n) is 6.38. The highest BCUT2D eigenvalue weighted by molar-refractivity contribution is 6.30. The van der Waals surface area contributed by atoms with Gasteiger partial charge in [0.15, 0.2) is 5.69 Å². The minimum absolute atomic E-state index is 0.0494. The first kappa shape index (κ1) is 20.8. The minimum atomic E-state index is 0.0494. The van der Waals surface area contributed by atoms with Crippen molar-refractivity contribution in [2.45, 2.75) is 32.4 Å². The molecule has 0 unspecified atom stereocenters. The van der Waals surface area contributed by atoms with Crippen LogP contribution in [0.5, 0.6) is 5.75 Å². The maximum atomic E-state index is 13.3. The number of nitrogens with zero attached hydrogens (tertiary/aromatic N) is 4. The van der Waals surface area contributed by atoms with Gasteiger partial charge in [0.25, 0.3) is 5.91 Å². The van der Waals surface area contributed by atoms with E-state index in [1.54, 1.807) is 0 Å². The van der Waals surface area contributed by atoms with Gasteiger partial charge in [0.05, 0.1) is 13.2 Å². The predicted molar refractivity (Wildman–Crippen MR) is 118 cm³/mol. The Morgan fingerprint density at radius 2 is 1.94 bits per heavy atom. The summed E-state index contributed by atoms with van der Waals surface area (Å²) in [6, 6.07) is 7.42. The van der Waals surface area contributed by atoms with E-state index in [2.05, 4.69) is 9.58 Å². The van der Waals surface area contributed by atoms with Crippen molar-refractivity contribution in [2.24, 2.45) is 5.92 Å². The lowest BCUT2D eigenvalue weighted by Crippen LogP contribution is -2.49. The Hall–Kier alpha value is -2.09. The maximum Gasteiger partial charge on any atom is 0.274 e. The summed E-state index contributed by atoms with van der Waals surface area (Å²) >= 11 is 5.91. The van der Waals surface area contributed by atoms with E-state index in [-0.39, 0.29) is 5.91 Å². The van der Waals surface area contributed by atoms with Crippen molar-refractivity contribution in [2.75, 3.05) is 45.9 Å². The molecule has 0 bridgehead atoms. The fraction of sp³-hybridized carbons (Fsp3) is 0.565. The van der Waals surface area contributed by atoms with E-state index in [0.717, 1.165) is 49.8 Å². The molecule has 1 saturated heterocycles. The average molecular weight is 445 g/mol. The molecular formula is C23H29ClN4O3. The van der Waals surface area contributed by atoms with Gasteiger partial charge >= 0.3 is 0 Å². The lowest BCUT2D eigenvalue weighted by atomic mass is 10.1. The molecule has 0 radical (unpaired) electrons. The van der Waals surface area contributed by atoms with Crippen LogP contribution in [0.3, 0.4) is 0 Å². The van der Waals surface area contributed by atoms with Crippen LogP contribution in [0.15, 0.2) is 24.3 Å². The lowest BCUT2D eigenvalue weighted by Gasteiger charge is -2.34. The molecule has 1 aromatic carbocycles. The van der Waals surface area contributed by atoms with Crippen molar-refractivity contribution in [3.8, 4) is 5.75 Å². The fourth-order valence-electron chi connectivity index (χ4n) is 4.32. The van der Waals surface area contributed by atoms with E-state index >= 15 is 0 Å².